The van der Waals surface area contributed by atoms with Crippen molar-refractivity contribution in [1.82, 2.24) is 10.6 Å². The highest BCUT2D eigenvalue weighted by Crippen LogP contribution is 2.25. The normalized spacial score (nSPS) is 18.3. The molecule has 1 aliphatic heterocycles. The minimum absolute atomic E-state index is 0.326. The highest BCUT2D eigenvalue weighted by Gasteiger charge is 2.20. The van der Waals surface area contributed by atoms with Gasteiger partial charge in [0.2, 0.25) is 5.96 Å². The van der Waals surface area contributed by atoms with E-state index in [2.05, 4.69) is 83.7 Å². The fourth-order valence-corrected chi connectivity index (χ4v) is 3.86. The molecule has 1 heterocycles. The highest BCUT2D eigenvalue weighted by atomic mass is 127. The van der Waals surface area contributed by atoms with Gasteiger partial charge in [-0.3, -0.25) is 10.3 Å². The van der Waals surface area contributed by atoms with E-state index in [1.165, 1.54) is 19.8 Å². The molecule has 2 rings (SSSR count). The number of carbonyl (C=O) groups excluding carboxylic acids is 1. The third-order valence-corrected chi connectivity index (χ3v) is 4.40. The summed E-state index contributed by atoms with van der Waals surface area (Å²) in [7, 11) is 1.33. The summed E-state index contributed by atoms with van der Waals surface area (Å²) in [6, 6.07) is 6.40. The molecule has 5 nitrogen and oxygen atoms in total. The molecule has 0 fully saturated rings. The summed E-state index contributed by atoms with van der Waals surface area (Å²) in [4.78, 5) is 15.4. The fraction of sp³-hybridized carbons (Fsp3) is 0.333. The number of amides is 1. The maximum atomic E-state index is 11.1. The van der Waals surface area contributed by atoms with Crippen LogP contribution in [0.2, 0.25) is 0 Å². The number of methoxy groups -OCH3 is 1. The van der Waals surface area contributed by atoms with Crippen LogP contribution in [0.15, 0.2) is 23.2 Å². The predicted octanol–water partition coefficient (Wildman–Crippen LogP) is 2.29. The molecule has 0 spiro atoms. The topological polar surface area (TPSA) is 62.7 Å². The number of hydrogen-bond acceptors (Lipinski definition) is 4. The van der Waals surface area contributed by atoms with Crippen LogP contribution in [0.1, 0.15) is 11.5 Å². The van der Waals surface area contributed by atoms with Crippen molar-refractivity contribution in [3.8, 4) is 0 Å². The number of guanidine groups is 1. The Morgan fingerprint density at radius 2 is 2.32 bits per heavy atom. The molecule has 2 N–H and O–H groups in total. The summed E-state index contributed by atoms with van der Waals surface area (Å²) in [6.45, 7) is 1.41. The number of ether oxygens (including phenoxy) is 1. The van der Waals surface area contributed by atoms with E-state index >= 15 is 0 Å². The van der Waals surface area contributed by atoms with Crippen molar-refractivity contribution in [2.24, 2.45) is 4.99 Å². The summed E-state index contributed by atoms with van der Waals surface area (Å²) in [5, 5.41) is 5.65. The molecule has 0 bridgehead atoms. The van der Waals surface area contributed by atoms with Gasteiger partial charge in [-0.15, -0.1) is 0 Å². The van der Waals surface area contributed by atoms with Crippen molar-refractivity contribution < 1.29 is 9.53 Å². The van der Waals surface area contributed by atoms with Gasteiger partial charge in [-0.05, 0) is 62.9 Å². The van der Waals surface area contributed by atoms with Crippen LogP contribution in [-0.4, -0.2) is 32.3 Å². The number of halogens is 2. The van der Waals surface area contributed by atoms with Crippen molar-refractivity contribution in [3.05, 3.63) is 30.9 Å². The van der Waals surface area contributed by atoms with Crippen LogP contribution in [-0.2, 0) is 4.74 Å². The zero-order valence-electron chi connectivity index (χ0n) is 10.2. The average Bonchev–Trinajstić information content (AvgIpc) is 2.40. The molecule has 1 atom stereocenters. The van der Waals surface area contributed by atoms with E-state index in [4.69, 9.17) is 0 Å². The molecule has 0 radical (unpaired) electrons. The Kier molecular flexibility index (Phi) is 5.25. The summed E-state index contributed by atoms with van der Waals surface area (Å²) >= 11 is 4.65. The minimum Gasteiger partial charge on any atom is -0.453 e. The molecule has 19 heavy (non-hydrogen) atoms. The van der Waals surface area contributed by atoms with Gasteiger partial charge >= 0.3 is 6.09 Å². The molecule has 0 aliphatic carbocycles. The lowest BCUT2D eigenvalue weighted by molar-refractivity contribution is 0.176. The lowest BCUT2D eigenvalue weighted by Gasteiger charge is -2.24. The van der Waals surface area contributed by atoms with E-state index in [-0.39, 0.29) is 0 Å². The molecule has 7 heteroatoms. The minimum atomic E-state index is -0.506. The number of benzene rings is 1. The van der Waals surface area contributed by atoms with Crippen LogP contribution < -0.4 is 10.6 Å². The lowest BCUT2D eigenvalue weighted by atomic mass is 9.98. The monoisotopic (exact) mass is 485 g/mol. The van der Waals surface area contributed by atoms with Crippen molar-refractivity contribution in [3.63, 3.8) is 0 Å². The van der Waals surface area contributed by atoms with Gasteiger partial charge in [-0.1, -0.05) is 6.07 Å². The van der Waals surface area contributed by atoms with Crippen LogP contribution in [0.3, 0.4) is 0 Å². The Morgan fingerprint density at radius 3 is 2.89 bits per heavy atom. The van der Waals surface area contributed by atoms with Gasteiger partial charge in [-0.25, -0.2) is 4.79 Å². The van der Waals surface area contributed by atoms with Crippen molar-refractivity contribution in [1.29, 1.82) is 0 Å². The summed E-state index contributed by atoms with van der Waals surface area (Å²) in [5.74, 6) is 0.802. The first-order valence-electron chi connectivity index (χ1n) is 5.68. The molecule has 0 aromatic heterocycles. The second-order valence-corrected chi connectivity index (χ2v) is 6.46. The first-order chi connectivity index (χ1) is 9.10. The zero-order chi connectivity index (χ0) is 13.8. The maximum absolute atomic E-state index is 11.1. The molecule has 1 aliphatic rings. The molecule has 1 aromatic rings. The zero-order valence-corrected chi connectivity index (χ0v) is 14.6. The maximum Gasteiger partial charge on any atom is 0.413 e. The summed E-state index contributed by atoms with van der Waals surface area (Å²) in [5.41, 5.74) is 1.29. The van der Waals surface area contributed by atoms with Gasteiger partial charge < -0.3 is 10.1 Å². The van der Waals surface area contributed by atoms with E-state index in [1.54, 1.807) is 0 Å². The Bertz CT molecular complexity index is 520. The Morgan fingerprint density at radius 1 is 1.53 bits per heavy atom. The van der Waals surface area contributed by atoms with E-state index in [9.17, 15) is 4.79 Å². The van der Waals surface area contributed by atoms with Gasteiger partial charge in [0.1, 0.15) is 0 Å². The number of hydrogen-bond donors (Lipinski definition) is 2. The van der Waals surface area contributed by atoms with Gasteiger partial charge in [-0.2, -0.15) is 0 Å². The standard InChI is InChI=1S/C12H13I2N3O2/c1-19-12(18)17-11-15-5-7(6-16-11)9-3-2-8(13)4-10(9)14/h2-4,7H,5-6H2,1H3,(H2,15,16,17,18). The van der Waals surface area contributed by atoms with Gasteiger partial charge in [0.05, 0.1) is 13.7 Å². The third-order valence-electron chi connectivity index (χ3n) is 2.79. The SMILES string of the molecule is COC(=O)NC1=NCC(c2ccc(I)cc2I)CN1. The molecule has 1 unspecified atom stereocenters. The summed E-state index contributed by atoms with van der Waals surface area (Å²) < 4.78 is 7.00. The second kappa shape index (κ2) is 6.73. The van der Waals surface area contributed by atoms with Crippen molar-refractivity contribution >= 4 is 57.2 Å². The van der Waals surface area contributed by atoms with Crippen molar-refractivity contribution in [2.75, 3.05) is 20.2 Å². The largest absolute Gasteiger partial charge is 0.453 e. The smallest absolute Gasteiger partial charge is 0.413 e. The Labute approximate surface area is 138 Å². The van der Waals surface area contributed by atoms with Crippen LogP contribution in [0.5, 0.6) is 0 Å². The molecule has 1 amide bonds. The molecular formula is C12H13I2N3O2. The van der Waals surface area contributed by atoms with Crippen LogP contribution >= 0.6 is 45.2 Å². The number of alkyl carbamates (subject to hydrolysis) is 1. The van der Waals surface area contributed by atoms with Crippen molar-refractivity contribution in [2.45, 2.75) is 5.92 Å². The Balaban J connectivity index is 2.04. The van der Waals surface area contributed by atoms with Crippen LogP contribution in [0.25, 0.3) is 0 Å². The fourth-order valence-electron chi connectivity index (χ4n) is 1.81. The van der Waals surface area contributed by atoms with Crippen LogP contribution in [0.4, 0.5) is 4.79 Å². The van der Waals surface area contributed by atoms with E-state index < -0.39 is 6.09 Å². The van der Waals surface area contributed by atoms with E-state index in [0.717, 1.165) is 6.54 Å². The molecule has 102 valence electrons. The van der Waals surface area contributed by atoms with Crippen LogP contribution in [0, 0.1) is 7.14 Å². The van der Waals surface area contributed by atoms with E-state index in [0.29, 0.717) is 18.4 Å². The highest BCUT2D eigenvalue weighted by molar-refractivity contribution is 14.1. The quantitative estimate of drug-likeness (QED) is 0.601. The summed E-state index contributed by atoms with van der Waals surface area (Å²) in [6.07, 6.45) is -0.506. The molecule has 0 saturated heterocycles. The van der Waals surface area contributed by atoms with E-state index in [1.807, 2.05) is 0 Å². The first kappa shape index (κ1) is 14.8. The van der Waals surface area contributed by atoms with Gasteiger partial charge in [0, 0.05) is 19.6 Å². The molecule has 1 aromatic carbocycles. The lowest BCUT2D eigenvalue weighted by Crippen LogP contribution is -2.45. The molecule has 0 saturated carbocycles. The number of nitrogens with zero attached hydrogens (tertiary/aromatic N) is 1. The Hall–Kier alpha value is -0.580. The number of aliphatic imine (C=N–C) groups is 1. The number of carbonyl (C=O) groups is 1. The van der Waals surface area contributed by atoms with Gasteiger partial charge in [0.15, 0.2) is 0 Å². The predicted molar refractivity (Wildman–Crippen MR) is 90.5 cm³/mol. The van der Waals surface area contributed by atoms with Gasteiger partial charge in [0.25, 0.3) is 0 Å². The first-order valence-corrected chi connectivity index (χ1v) is 7.84. The third kappa shape index (κ3) is 3.94. The molecular weight excluding hydrogens is 472 g/mol. The number of nitrogens with one attached hydrogen (secondary N) is 2. The number of rotatable bonds is 1. The second-order valence-electron chi connectivity index (χ2n) is 4.05. The average molecular weight is 485 g/mol.